The molecule has 0 radical (unpaired) electrons. The molecule has 6 nitrogen and oxygen atoms in total. The van der Waals surface area contributed by atoms with Crippen molar-refractivity contribution in [3.8, 4) is 0 Å². The zero-order chi connectivity index (χ0) is 15.1. The van der Waals surface area contributed by atoms with E-state index in [1.165, 1.54) is 22.2 Å². The molecule has 0 saturated heterocycles. The van der Waals surface area contributed by atoms with Gasteiger partial charge in [-0.25, -0.2) is 4.98 Å². The first kappa shape index (κ1) is 14.7. The van der Waals surface area contributed by atoms with Crippen molar-refractivity contribution in [1.82, 2.24) is 14.9 Å². The van der Waals surface area contributed by atoms with E-state index in [1.807, 2.05) is 0 Å². The number of hydrogen-bond acceptors (Lipinski definition) is 5. The third-order valence-corrected chi connectivity index (χ3v) is 4.26. The van der Waals surface area contributed by atoms with Crippen LogP contribution in [0.4, 0.5) is 0 Å². The number of aliphatic hydroxyl groups is 1. The molecule has 108 valence electrons. The van der Waals surface area contributed by atoms with Gasteiger partial charge in [0.2, 0.25) is 0 Å². The zero-order valence-electron chi connectivity index (χ0n) is 11.9. The van der Waals surface area contributed by atoms with E-state index in [2.05, 4.69) is 10.3 Å². The predicted octanol–water partition coefficient (Wildman–Crippen LogP) is 0.804. The molecule has 1 amide bonds. The van der Waals surface area contributed by atoms with E-state index < -0.39 is 5.54 Å². The molecule has 0 spiro atoms. The number of carbonyl (C=O) groups excluding carboxylic acids is 1. The zero-order valence-corrected chi connectivity index (χ0v) is 12.7. The predicted molar refractivity (Wildman–Crippen MR) is 78.2 cm³/mol. The first-order valence-electron chi connectivity index (χ1n) is 6.15. The van der Waals surface area contributed by atoms with Crippen molar-refractivity contribution in [2.75, 3.05) is 6.61 Å². The Kier molecular flexibility index (Phi) is 3.66. The second-order valence-corrected chi connectivity index (χ2v) is 6.39. The van der Waals surface area contributed by atoms with Gasteiger partial charge in [0, 0.05) is 7.05 Å². The van der Waals surface area contributed by atoms with Gasteiger partial charge in [0.1, 0.15) is 4.83 Å². The number of rotatable bonds is 3. The summed E-state index contributed by atoms with van der Waals surface area (Å²) in [4.78, 5) is 29.5. The van der Waals surface area contributed by atoms with E-state index >= 15 is 0 Å². The highest BCUT2D eigenvalue weighted by atomic mass is 32.1. The Balaban J connectivity index is 2.52. The standard InChI is InChI=1S/C13H17N3O3S/c1-7-8-11(14-6-16(4)12(8)19)20-9(7)10(18)15-13(2,3)5-17/h6,17H,5H2,1-4H3,(H,15,18). The van der Waals surface area contributed by atoms with Crippen LogP contribution in [0, 0.1) is 6.92 Å². The van der Waals surface area contributed by atoms with Crippen molar-refractivity contribution >= 4 is 27.5 Å². The first-order chi connectivity index (χ1) is 9.26. The molecule has 0 saturated carbocycles. The van der Waals surface area contributed by atoms with Crippen LogP contribution < -0.4 is 10.9 Å². The lowest BCUT2D eigenvalue weighted by Crippen LogP contribution is -2.46. The maximum atomic E-state index is 12.3. The quantitative estimate of drug-likeness (QED) is 0.877. The van der Waals surface area contributed by atoms with E-state index in [1.54, 1.807) is 27.8 Å². The van der Waals surface area contributed by atoms with E-state index in [0.717, 1.165) is 0 Å². The molecule has 0 bridgehead atoms. The van der Waals surface area contributed by atoms with E-state index in [0.29, 0.717) is 20.7 Å². The minimum Gasteiger partial charge on any atom is -0.394 e. The second-order valence-electron chi connectivity index (χ2n) is 5.39. The van der Waals surface area contributed by atoms with Gasteiger partial charge >= 0.3 is 0 Å². The fourth-order valence-electron chi connectivity index (χ4n) is 1.83. The molecule has 7 heteroatoms. The van der Waals surface area contributed by atoms with Crippen LogP contribution in [-0.2, 0) is 7.05 Å². The summed E-state index contributed by atoms with van der Waals surface area (Å²) in [5.74, 6) is -0.299. The van der Waals surface area contributed by atoms with Gasteiger partial charge in [0.05, 0.1) is 28.7 Å². The Hall–Kier alpha value is -1.73. The Bertz CT molecular complexity index is 730. The van der Waals surface area contributed by atoms with Crippen LogP contribution in [0.3, 0.4) is 0 Å². The van der Waals surface area contributed by atoms with Crippen molar-refractivity contribution in [3.05, 3.63) is 27.1 Å². The van der Waals surface area contributed by atoms with Crippen LogP contribution in [0.2, 0.25) is 0 Å². The molecule has 2 N–H and O–H groups in total. The number of aliphatic hydroxyl groups excluding tert-OH is 1. The van der Waals surface area contributed by atoms with Gasteiger partial charge in [0.25, 0.3) is 11.5 Å². The summed E-state index contributed by atoms with van der Waals surface area (Å²) in [6, 6.07) is 0. The summed E-state index contributed by atoms with van der Waals surface area (Å²) in [5, 5.41) is 12.4. The number of aromatic nitrogens is 2. The summed E-state index contributed by atoms with van der Waals surface area (Å²) >= 11 is 1.19. The van der Waals surface area contributed by atoms with Crippen molar-refractivity contribution in [2.24, 2.45) is 7.05 Å². The Labute approximate surface area is 120 Å². The summed E-state index contributed by atoms with van der Waals surface area (Å²) in [7, 11) is 1.63. The first-order valence-corrected chi connectivity index (χ1v) is 6.96. The second kappa shape index (κ2) is 4.99. The van der Waals surface area contributed by atoms with E-state index in [4.69, 9.17) is 0 Å². The summed E-state index contributed by atoms with van der Waals surface area (Å²) in [5.41, 5.74) is -0.243. The normalized spacial score (nSPS) is 11.8. The van der Waals surface area contributed by atoms with Crippen LogP contribution >= 0.6 is 11.3 Å². The maximum absolute atomic E-state index is 12.3. The molecule has 0 aliphatic heterocycles. The van der Waals surface area contributed by atoms with Gasteiger partial charge in [-0.2, -0.15) is 0 Å². The van der Waals surface area contributed by atoms with Gasteiger partial charge in [-0.05, 0) is 26.3 Å². The molecule has 2 aromatic heterocycles. The average Bonchev–Trinajstić information content (AvgIpc) is 2.71. The fraction of sp³-hybridized carbons (Fsp3) is 0.462. The molecule has 2 rings (SSSR count). The third kappa shape index (κ3) is 2.46. The topological polar surface area (TPSA) is 84.2 Å². The monoisotopic (exact) mass is 295 g/mol. The summed E-state index contributed by atoms with van der Waals surface area (Å²) in [6.07, 6.45) is 1.44. The molecule has 2 aromatic rings. The Morgan fingerprint density at radius 2 is 2.20 bits per heavy atom. The van der Waals surface area contributed by atoms with Crippen LogP contribution in [0.15, 0.2) is 11.1 Å². The fourth-order valence-corrected chi connectivity index (χ4v) is 2.86. The molecule has 20 heavy (non-hydrogen) atoms. The Morgan fingerprint density at radius 3 is 2.80 bits per heavy atom. The molecule has 0 unspecified atom stereocenters. The average molecular weight is 295 g/mol. The Morgan fingerprint density at radius 1 is 1.55 bits per heavy atom. The minimum atomic E-state index is -0.710. The van der Waals surface area contributed by atoms with Crippen LogP contribution in [-0.4, -0.2) is 32.7 Å². The van der Waals surface area contributed by atoms with Crippen molar-refractivity contribution < 1.29 is 9.90 Å². The highest BCUT2D eigenvalue weighted by Gasteiger charge is 2.24. The molecule has 0 fully saturated rings. The summed E-state index contributed by atoms with van der Waals surface area (Å²) < 4.78 is 1.39. The molecular weight excluding hydrogens is 278 g/mol. The van der Waals surface area contributed by atoms with Crippen molar-refractivity contribution in [3.63, 3.8) is 0 Å². The smallest absolute Gasteiger partial charge is 0.262 e. The van der Waals surface area contributed by atoms with Gasteiger partial charge < -0.3 is 15.0 Å². The number of fused-ring (bicyclic) bond motifs is 1. The number of nitrogens with zero attached hydrogens (tertiary/aromatic N) is 2. The largest absolute Gasteiger partial charge is 0.394 e. The molecular formula is C13H17N3O3S. The van der Waals surface area contributed by atoms with E-state index in [-0.39, 0.29) is 18.1 Å². The van der Waals surface area contributed by atoms with Gasteiger partial charge in [-0.3, -0.25) is 9.59 Å². The number of nitrogens with one attached hydrogen (secondary N) is 1. The molecule has 2 heterocycles. The van der Waals surface area contributed by atoms with Crippen LogP contribution in [0.5, 0.6) is 0 Å². The molecule has 0 atom stereocenters. The maximum Gasteiger partial charge on any atom is 0.262 e. The molecule has 0 aromatic carbocycles. The number of amides is 1. The number of carbonyl (C=O) groups is 1. The highest BCUT2D eigenvalue weighted by molar-refractivity contribution is 7.20. The molecule has 0 aliphatic rings. The van der Waals surface area contributed by atoms with E-state index in [9.17, 15) is 14.7 Å². The van der Waals surface area contributed by atoms with Gasteiger partial charge in [0.15, 0.2) is 0 Å². The lowest BCUT2D eigenvalue weighted by molar-refractivity contribution is 0.0873. The van der Waals surface area contributed by atoms with Crippen LogP contribution in [0.25, 0.3) is 10.2 Å². The number of hydrogen-bond donors (Lipinski definition) is 2. The van der Waals surface area contributed by atoms with Crippen molar-refractivity contribution in [2.45, 2.75) is 26.3 Å². The highest BCUT2D eigenvalue weighted by Crippen LogP contribution is 2.26. The lowest BCUT2D eigenvalue weighted by Gasteiger charge is -2.23. The number of aryl methyl sites for hydroxylation is 2. The molecule has 0 aliphatic carbocycles. The summed E-state index contributed by atoms with van der Waals surface area (Å²) in [6.45, 7) is 5.03. The lowest BCUT2D eigenvalue weighted by atomic mass is 10.1. The van der Waals surface area contributed by atoms with Crippen LogP contribution in [0.1, 0.15) is 29.1 Å². The van der Waals surface area contributed by atoms with Crippen molar-refractivity contribution in [1.29, 1.82) is 0 Å². The van der Waals surface area contributed by atoms with Gasteiger partial charge in [-0.1, -0.05) is 0 Å². The number of thiophene rings is 1. The third-order valence-electron chi connectivity index (χ3n) is 3.06. The van der Waals surface area contributed by atoms with Gasteiger partial charge in [-0.15, -0.1) is 11.3 Å². The SMILES string of the molecule is Cc1c(C(=O)NC(C)(C)CO)sc2ncn(C)c(=O)c12. The minimum absolute atomic E-state index is 0.163.